The second-order valence-corrected chi connectivity index (χ2v) is 21.5. The van der Waals surface area contributed by atoms with Gasteiger partial charge < -0.3 is 72.8 Å². The van der Waals surface area contributed by atoms with Gasteiger partial charge in [0.05, 0.1) is 51.0 Å². The highest BCUT2D eigenvalue weighted by molar-refractivity contribution is 6.13. The summed E-state index contributed by atoms with van der Waals surface area (Å²) in [6.45, 7) is 15.6. The molecule has 6 aliphatic heterocycles. The number of methoxy groups -OCH3 is 2. The lowest BCUT2D eigenvalue weighted by Gasteiger charge is -2.36. The van der Waals surface area contributed by atoms with E-state index >= 15 is 0 Å². The molecule has 24 heteroatoms. The van der Waals surface area contributed by atoms with Gasteiger partial charge in [0, 0.05) is 153 Å². The third kappa shape index (κ3) is 14.2. The van der Waals surface area contributed by atoms with Crippen LogP contribution in [0.25, 0.3) is 21.5 Å². The molecule has 2 aromatic heterocycles. The molecule has 2 N–H and O–H groups in total. The van der Waals surface area contributed by atoms with Crippen molar-refractivity contribution >= 4 is 62.5 Å². The van der Waals surface area contributed by atoms with E-state index in [9.17, 15) is 19.5 Å². The van der Waals surface area contributed by atoms with Crippen LogP contribution in [0.3, 0.4) is 0 Å². The first-order valence-electron chi connectivity index (χ1n) is 29.5. The lowest BCUT2D eigenvalue weighted by atomic mass is 10.0. The standard InChI is InChI=1S/C31H38N6O7.C30H38N6O5/c1-41-21-44-23-19-22-5-2-3-6-24(22)26(20-23)37-9-7-25-27(29(37)38)32-30(43-16-4-8-34-14-17-42-18-15-34)33-28(25)35-10-12-36(13-11-35)31(39)40;1-38-21-41-23-19-22-5-2-3-6-24(22)26(20-23)36-11-7-25-27(29(36)37)32-30(33-28(25)35-12-8-31-9-13-35)40-16-4-10-34-14-17-39-18-15-34/h2-3,5-6,19-20H,4,7-18,21H2,1H3,(H,39,40);2-3,5-6,19-20,31H,4,7-18,21H2,1H3. The molecule has 4 aromatic carbocycles. The summed E-state index contributed by atoms with van der Waals surface area (Å²) in [6.07, 6.45) is 1.88. The maximum Gasteiger partial charge on any atom is 0.407 e. The summed E-state index contributed by atoms with van der Waals surface area (Å²) >= 11 is 0. The summed E-state index contributed by atoms with van der Waals surface area (Å²) < 4.78 is 44.8. The summed E-state index contributed by atoms with van der Waals surface area (Å²) in [5.41, 5.74) is 3.89. The van der Waals surface area contributed by atoms with Crippen LogP contribution in [0.5, 0.6) is 23.5 Å². The van der Waals surface area contributed by atoms with Crippen LogP contribution in [0, 0.1) is 0 Å². The Balaban J connectivity index is 0.000000177. The SMILES string of the molecule is COCOc1cc(N2CCc3c(nc(OCCCN4CCOCC4)nc3N3CCN(C(=O)O)CC3)C2=O)c2ccccc2c1.COCOc1cc(N2CCc3c(nc(OCCCN4CCOCC4)nc3N3CCNCC3)C2=O)c2ccccc2c1. The molecule has 6 aromatic rings. The summed E-state index contributed by atoms with van der Waals surface area (Å²) in [7, 11) is 3.15. The number of rotatable bonds is 20. The maximum atomic E-state index is 14.2. The molecule has 8 heterocycles. The Hall–Kier alpha value is -7.71. The predicted octanol–water partition coefficient (Wildman–Crippen LogP) is 5.04. The number of carbonyl (C=O) groups is 3. The van der Waals surface area contributed by atoms with Crippen molar-refractivity contribution in [1.82, 2.24) is 40.0 Å². The third-order valence-electron chi connectivity index (χ3n) is 16.1. The zero-order valence-corrected chi connectivity index (χ0v) is 48.6. The van der Waals surface area contributed by atoms with Gasteiger partial charge in [-0.2, -0.15) is 19.9 Å². The molecule has 0 atom stereocenters. The third-order valence-corrected chi connectivity index (χ3v) is 16.1. The number of piperazine rings is 2. The summed E-state index contributed by atoms with van der Waals surface area (Å²) in [6, 6.07) is 24.0. The Morgan fingerprint density at radius 2 is 1.00 bits per heavy atom. The van der Waals surface area contributed by atoms with Crippen LogP contribution < -0.4 is 43.9 Å². The average Bonchev–Trinajstić information content (AvgIpc) is 2.15. The monoisotopic (exact) mass is 1170 g/mol. The van der Waals surface area contributed by atoms with Crippen molar-refractivity contribution < 1.29 is 57.4 Å². The Morgan fingerprint density at radius 3 is 1.45 bits per heavy atom. The molecule has 6 aliphatic rings. The van der Waals surface area contributed by atoms with E-state index in [1.807, 2.05) is 77.7 Å². The maximum absolute atomic E-state index is 14.2. The van der Waals surface area contributed by atoms with E-state index in [1.165, 1.54) is 4.90 Å². The van der Waals surface area contributed by atoms with E-state index in [0.717, 1.165) is 155 Å². The van der Waals surface area contributed by atoms with E-state index < -0.39 is 6.09 Å². The van der Waals surface area contributed by atoms with Crippen molar-refractivity contribution in [3.63, 3.8) is 0 Å². The normalized spacial score (nSPS) is 17.8. The molecule has 0 saturated carbocycles. The number of benzene rings is 4. The van der Waals surface area contributed by atoms with Crippen molar-refractivity contribution in [1.29, 1.82) is 0 Å². The predicted molar refractivity (Wildman–Crippen MR) is 319 cm³/mol. The lowest BCUT2D eigenvalue weighted by Crippen LogP contribution is -2.49. The van der Waals surface area contributed by atoms with E-state index in [1.54, 1.807) is 24.0 Å². The van der Waals surface area contributed by atoms with E-state index in [-0.39, 0.29) is 37.4 Å². The number of nitrogens with one attached hydrogen (secondary N) is 1. The van der Waals surface area contributed by atoms with Gasteiger partial charge in [-0.25, -0.2) is 4.79 Å². The van der Waals surface area contributed by atoms with Gasteiger partial charge >= 0.3 is 18.1 Å². The minimum Gasteiger partial charge on any atom is -0.467 e. The number of anilines is 4. The van der Waals surface area contributed by atoms with Crippen molar-refractivity contribution in [2.24, 2.45) is 0 Å². The number of ether oxygens (including phenoxy) is 8. The molecular weight excluding hydrogens is 1090 g/mol. The van der Waals surface area contributed by atoms with E-state index in [0.29, 0.717) is 94.0 Å². The molecule has 0 radical (unpaired) electrons. The zero-order chi connectivity index (χ0) is 58.5. The summed E-state index contributed by atoms with van der Waals surface area (Å²) in [4.78, 5) is 72.9. The number of hydrogen-bond acceptors (Lipinski definition) is 20. The van der Waals surface area contributed by atoms with Crippen LogP contribution in [0.15, 0.2) is 72.8 Å². The fourth-order valence-corrected chi connectivity index (χ4v) is 11.7. The Kier molecular flexibility index (Phi) is 19.8. The van der Waals surface area contributed by atoms with Crippen LogP contribution in [-0.2, 0) is 31.8 Å². The van der Waals surface area contributed by atoms with Crippen LogP contribution in [0.4, 0.5) is 27.8 Å². The Morgan fingerprint density at radius 1 is 0.553 bits per heavy atom. The minimum atomic E-state index is -0.937. The molecule has 0 spiro atoms. The van der Waals surface area contributed by atoms with Crippen molar-refractivity contribution in [3.05, 3.63) is 95.3 Å². The van der Waals surface area contributed by atoms with Gasteiger partial charge in [-0.05, 0) is 48.6 Å². The Bertz CT molecular complexity index is 3280. The average molecular weight is 1170 g/mol. The van der Waals surface area contributed by atoms with Crippen LogP contribution in [-0.4, -0.2) is 230 Å². The highest BCUT2D eigenvalue weighted by Crippen LogP contribution is 2.39. The molecule has 12 rings (SSSR count). The second-order valence-electron chi connectivity index (χ2n) is 21.5. The molecule has 0 bridgehead atoms. The molecule has 4 saturated heterocycles. The number of carboxylic acid groups (broad SMARTS) is 1. The Labute approximate surface area is 494 Å². The molecule has 85 heavy (non-hydrogen) atoms. The lowest BCUT2D eigenvalue weighted by molar-refractivity contribution is 0.0356. The minimum absolute atomic E-state index is 0.0898. The van der Waals surface area contributed by atoms with Gasteiger partial charge in [-0.15, -0.1) is 0 Å². The largest absolute Gasteiger partial charge is 0.467 e. The van der Waals surface area contributed by atoms with Crippen molar-refractivity contribution in [2.45, 2.75) is 25.7 Å². The van der Waals surface area contributed by atoms with Gasteiger partial charge in [0.1, 0.15) is 34.5 Å². The highest BCUT2D eigenvalue weighted by atomic mass is 16.7. The fourth-order valence-electron chi connectivity index (χ4n) is 11.7. The number of amides is 3. The first-order chi connectivity index (χ1) is 41.7. The van der Waals surface area contributed by atoms with Gasteiger partial charge in [0.2, 0.25) is 0 Å². The first kappa shape index (κ1) is 59.0. The molecule has 452 valence electrons. The van der Waals surface area contributed by atoms with Gasteiger partial charge in [0.15, 0.2) is 13.6 Å². The first-order valence-corrected chi connectivity index (χ1v) is 29.5. The number of morpholine rings is 2. The summed E-state index contributed by atoms with van der Waals surface area (Å²) in [5.74, 6) is 2.30. The van der Waals surface area contributed by atoms with Gasteiger partial charge in [0.25, 0.3) is 11.8 Å². The van der Waals surface area contributed by atoms with E-state index in [2.05, 4.69) is 25.0 Å². The highest BCUT2D eigenvalue weighted by Gasteiger charge is 2.36. The second kappa shape index (κ2) is 28.5. The van der Waals surface area contributed by atoms with Gasteiger partial charge in [-0.3, -0.25) is 19.4 Å². The molecule has 3 amide bonds. The zero-order valence-electron chi connectivity index (χ0n) is 48.6. The van der Waals surface area contributed by atoms with Gasteiger partial charge in [-0.1, -0.05) is 48.5 Å². The number of fused-ring (bicyclic) bond motifs is 4. The number of carbonyl (C=O) groups excluding carboxylic acids is 2. The van der Waals surface area contributed by atoms with Crippen LogP contribution in [0.2, 0.25) is 0 Å². The fraction of sp³-hybridized carbons (Fsp3) is 0.492. The van der Waals surface area contributed by atoms with Crippen LogP contribution in [0.1, 0.15) is 44.9 Å². The van der Waals surface area contributed by atoms with Crippen molar-refractivity contribution in [3.8, 4) is 23.5 Å². The molecule has 0 unspecified atom stereocenters. The number of nitrogens with zero attached hydrogens (tertiary/aromatic N) is 11. The smallest absolute Gasteiger partial charge is 0.407 e. The van der Waals surface area contributed by atoms with E-state index in [4.69, 9.17) is 52.8 Å². The number of hydrogen-bond donors (Lipinski definition) is 2. The van der Waals surface area contributed by atoms with Crippen LogP contribution >= 0.6 is 0 Å². The molecule has 24 nitrogen and oxygen atoms in total. The molecular formula is C61H76N12O12. The molecule has 0 aliphatic carbocycles. The summed E-state index contributed by atoms with van der Waals surface area (Å²) in [5, 5.41) is 16.7. The topological polar surface area (TPSA) is 232 Å². The quantitative estimate of drug-likeness (QED) is 0.0753. The molecule has 4 fully saturated rings. The number of aromatic nitrogens is 4. The van der Waals surface area contributed by atoms with Crippen molar-refractivity contribution in [2.75, 3.05) is 192 Å².